The summed E-state index contributed by atoms with van der Waals surface area (Å²) in [7, 11) is 0. The molecule has 5 heteroatoms. The van der Waals surface area contributed by atoms with Gasteiger partial charge in [-0.15, -0.1) is 0 Å². The van der Waals surface area contributed by atoms with Crippen LogP contribution in [-0.2, 0) is 4.79 Å². The fraction of sp³-hybridized carbons (Fsp3) is 0.650. The van der Waals surface area contributed by atoms with Crippen LogP contribution in [0.15, 0.2) is 18.2 Å². The number of hydrogen-bond acceptors (Lipinski definition) is 4. The average Bonchev–Trinajstić information content (AvgIpc) is 3.38. The van der Waals surface area contributed by atoms with Crippen LogP contribution in [0.25, 0.3) is 0 Å². The number of hydrogen-bond donors (Lipinski definition) is 2. The second kappa shape index (κ2) is 7.85. The number of nitrogens with zero attached hydrogens (tertiary/aromatic N) is 2. The highest BCUT2D eigenvalue weighted by atomic mass is 16.3. The molecule has 1 aromatic rings. The molecule has 1 saturated heterocycles. The van der Waals surface area contributed by atoms with Crippen molar-refractivity contribution in [2.45, 2.75) is 51.8 Å². The average molecular weight is 345 g/mol. The van der Waals surface area contributed by atoms with Gasteiger partial charge in [0, 0.05) is 38.8 Å². The van der Waals surface area contributed by atoms with E-state index < -0.39 is 6.10 Å². The van der Waals surface area contributed by atoms with Crippen molar-refractivity contribution in [1.29, 1.82) is 0 Å². The molecule has 5 nitrogen and oxygen atoms in total. The van der Waals surface area contributed by atoms with Gasteiger partial charge in [0.05, 0.1) is 12.1 Å². The van der Waals surface area contributed by atoms with Gasteiger partial charge in [-0.05, 0) is 39.2 Å². The topological polar surface area (TPSA) is 55.8 Å². The molecule has 1 aromatic carbocycles. The molecule has 1 aliphatic heterocycles. The summed E-state index contributed by atoms with van der Waals surface area (Å²) in [5.41, 5.74) is 3.38. The molecule has 2 N–H and O–H groups in total. The van der Waals surface area contributed by atoms with Crippen molar-refractivity contribution in [2.24, 2.45) is 0 Å². The molecular formula is C20H31N3O2. The molecule has 2 atom stereocenters. The first-order valence-corrected chi connectivity index (χ1v) is 9.45. The SMILES string of the molecule is Cc1cc(C)cc(C(O)CN2CCN(C(C)C(=O)NC3CC3)CC2)c1. The Balaban J connectivity index is 1.47. The number of piperazine rings is 1. The highest BCUT2D eigenvalue weighted by Gasteiger charge is 2.30. The summed E-state index contributed by atoms with van der Waals surface area (Å²) in [5.74, 6) is 0.159. The lowest BCUT2D eigenvalue weighted by Crippen LogP contribution is -2.54. The van der Waals surface area contributed by atoms with Crippen molar-refractivity contribution in [2.75, 3.05) is 32.7 Å². The Morgan fingerprint density at radius 3 is 2.32 bits per heavy atom. The van der Waals surface area contributed by atoms with E-state index >= 15 is 0 Å². The number of aliphatic hydroxyl groups is 1. The van der Waals surface area contributed by atoms with E-state index in [1.807, 2.05) is 6.92 Å². The fourth-order valence-electron chi connectivity index (χ4n) is 3.60. The lowest BCUT2D eigenvalue weighted by atomic mass is 10.0. The highest BCUT2D eigenvalue weighted by Crippen LogP contribution is 2.20. The van der Waals surface area contributed by atoms with Crippen LogP contribution in [0.5, 0.6) is 0 Å². The van der Waals surface area contributed by atoms with E-state index in [-0.39, 0.29) is 11.9 Å². The number of carbonyl (C=O) groups is 1. The molecule has 0 bridgehead atoms. The molecular weight excluding hydrogens is 314 g/mol. The smallest absolute Gasteiger partial charge is 0.237 e. The second-order valence-electron chi connectivity index (χ2n) is 7.73. The van der Waals surface area contributed by atoms with E-state index in [4.69, 9.17) is 0 Å². The lowest BCUT2D eigenvalue weighted by molar-refractivity contribution is -0.126. The predicted molar refractivity (Wildman–Crippen MR) is 99.5 cm³/mol. The van der Waals surface area contributed by atoms with Crippen LogP contribution >= 0.6 is 0 Å². The van der Waals surface area contributed by atoms with E-state index in [0.717, 1.165) is 44.6 Å². The minimum Gasteiger partial charge on any atom is -0.387 e. The van der Waals surface area contributed by atoms with Gasteiger partial charge in [0.15, 0.2) is 0 Å². The number of amides is 1. The third-order valence-electron chi connectivity index (χ3n) is 5.32. The molecule has 0 spiro atoms. The summed E-state index contributed by atoms with van der Waals surface area (Å²) in [6, 6.07) is 6.62. The molecule has 138 valence electrons. The van der Waals surface area contributed by atoms with E-state index in [0.29, 0.717) is 12.6 Å². The molecule has 1 saturated carbocycles. The third kappa shape index (κ3) is 5.03. The maximum absolute atomic E-state index is 12.2. The van der Waals surface area contributed by atoms with E-state index in [2.05, 4.69) is 47.2 Å². The van der Waals surface area contributed by atoms with Crippen LogP contribution < -0.4 is 5.32 Å². The van der Waals surface area contributed by atoms with Crippen LogP contribution in [-0.4, -0.2) is 65.6 Å². The van der Waals surface area contributed by atoms with Crippen molar-refractivity contribution in [3.63, 3.8) is 0 Å². The summed E-state index contributed by atoms with van der Waals surface area (Å²) in [5, 5.41) is 13.7. The molecule has 0 radical (unpaired) electrons. The Hall–Kier alpha value is -1.43. The number of rotatable bonds is 6. The van der Waals surface area contributed by atoms with Gasteiger partial charge in [-0.25, -0.2) is 0 Å². The van der Waals surface area contributed by atoms with Crippen LogP contribution in [0.1, 0.15) is 42.6 Å². The van der Waals surface area contributed by atoms with E-state index in [1.165, 1.54) is 11.1 Å². The van der Waals surface area contributed by atoms with Gasteiger partial charge >= 0.3 is 0 Å². The van der Waals surface area contributed by atoms with Gasteiger partial charge in [-0.2, -0.15) is 0 Å². The zero-order chi connectivity index (χ0) is 18.0. The van der Waals surface area contributed by atoms with Crippen molar-refractivity contribution >= 4 is 5.91 Å². The summed E-state index contributed by atoms with van der Waals surface area (Å²) >= 11 is 0. The van der Waals surface area contributed by atoms with Gasteiger partial charge in [-0.1, -0.05) is 29.3 Å². The molecule has 2 fully saturated rings. The number of carbonyl (C=O) groups excluding carboxylic acids is 1. The Labute approximate surface area is 151 Å². The molecule has 1 heterocycles. The fourth-order valence-corrected chi connectivity index (χ4v) is 3.60. The Kier molecular flexibility index (Phi) is 5.77. The maximum Gasteiger partial charge on any atom is 0.237 e. The van der Waals surface area contributed by atoms with Crippen molar-refractivity contribution in [3.05, 3.63) is 34.9 Å². The standard InChI is InChI=1S/C20H31N3O2/c1-14-10-15(2)12-17(11-14)19(24)13-22-6-8-23(9-7-22)16(3)20(25)21-18-4-5-18/h10-12,16,18-19,24H,4-9,13H2,1-3H3,(H,21,25). The summed E-state index contributed by atoms with van der Waals surface area (Å²) in [6.45, 7) is 10.3. The normalized spacial score (nSPS) is 21.8. The van der Waals surface area contributed by atoms with Crippen LogP contribution in [0.2, 0.25) is 0 Å². The number of benzene rings is 1. The van der Waals surface area contributed by atoms with Crippen molar-refractivity contribution < 1.29 is 9.90 Å². The van der Waals surface area contributed by atoms with Crippen LogP contribution in [0.4, 0.5) is 0 Å². The second-order valence-corrected chi connectivity index (χ2v) is 7.73. The first-order valence-electron chi connectivity index (χ1n) is 9.45. The molecule has 2 unspecified atom stereocenters. The summed E-state index contributed by atoms with van der Waals surface area (Å²) in [6.07, 6.45) is 1.80. The third-order valence-corrected chi connectivity index (χ3v) is 5.32. The van der Waals surface area contributed by atoms with Gasteiger partial charge in [0.2, 0.25) is 5.91 Å². The highest BCUT2D eigenvalue weighted by molar-refractivity contribution is 5.81. The molecule has 25 heavy (non-hydrogen) atoms. The molecule has 1 amide bonds. The van der Waals surface area contributed by atoms with Crippen molar-refractivity contribution in [1.82, 2.24) is 15.1 Å². The maximum atomic E-state index is 12.2. The van der Waals surface area contributed by atoms with E-state index in [9.17, 15) is 9.90 Å². The van der Waals surface area contributed by atoms with Gasteiger partial charge in [-0.3, -0.25) is 14.6 Å². The number of aryl methyl sites for hydroxylation is 2. The van der Waals surface area contributed by atoms with E-state index in [1.54, 1.807) is 0 Å². The Bertz CT molecular complexity index is 587. The van der Waals surface area contributed by atoms with Gasteiger partial charge in [0.25, 0.3) is 0 Å². The Morgan fingerprint density at radius 2 is 1.76 bits per heavy atom. The molecule has 3 rings (SSSR count). The van der Waals surface area contributed by atoms with Gasteiger partial charge in [0.1, 0.15) is 0 Å². The lowest BCUT2D eigenvalue weighted by Gasteiger charge is -2.38. The largest absolute Gasteiger partial charge is 0.387 e. The van der Waals surface area contributed by atoms with Gasteiger partial charge < -0.3 is 10.4 Å². The summed E-state index contributed by atoms with van der Waals surface area (Å²) in [4.78, 5) is 16.7. The monoisotopic (exact) mass is 345 g/mol. The minimum absolute atomic E-state index is 0.0629. The predicted octanol–water partition coefficient (Wildman–Crippen LogP) is 1.62. The van der Waals surface area contributed by atoms with Crippen LogP contribution in [0.3, 0.4) is 0 Å². The zero-order valence-corrected chi connectivity index (χ0v) is 15.7. The molecule has 2 aliphatic rings. The molecule has 1 aliphatic carbocycles. The zero-order valence-electron chi connectivity index (χ0n) is 15.7. The molecule has 0 aromatic heterocycles. The summed E-state index contributed by atoms with van der Waals surface area (Å²) < 4.78 is 0. The van der Waals surface area contributed by atoms with Crippen LogP contribution in [0, 0.1) is 13.8 Å². The Morgan fingerprint density at radius 1 is 1.16 bits per heavy atom. The quantitative estimate of drug-likeness (QED) is 0.823. The number of nitrogens with one attached hydrogen (secondary N) is 1. The number of β-amino-alcohol motifs (C(OH)–C–C–N with tert-alkyl or cyclic N) is 1. The minimum atomic E-state index is -0.458. The first kappa shape index (κ1) is 18.4. The van der Waals surface area contributed by atoms with Crippen molar-refractivity contribution in [3.8, 4) is 0 Å². The number of aliphatic hydroxyl groups excluding tert-OH is 1. The first-order chi connectivity index (χ1) is 11.9.